The molecule has 1 aliphatic rings. The largest absolute Gasteiger partial charge is 0.299 e. The van der Waals surface area contributed by atoms with Crippen LogP contribution >= 0.6 is 0 Å². The van der Waals surface area contributed by atoms with Crippen molar-refractivity contribution in [3.8, 4) is 0 Å². The van der Waals surface area contributed by atoms with Gasteiger partial charge in [0.1, 0.15) is 5.78 Å². The molecule has 0 aliphatic heterocycles. The van der Waals surface area contributed by atoms with Gasteiger partial charge in [-0.1, -0.05) is 49.7 Å². The predicted octanol–water partition coefficient (Wildman–Crippen LogP) is 3.66. The Hall–Kier alpha value is -1.99. The van der Waals surface area contributed by atoms with Crippen LogP contribution < -0.4 is 0 Å². The lowest BCUT2D eigenvalue weighted by Gasteiger charge is -2.28. The molecule has 2 aromatic rings. The summed E-state index contributed by atoms with van der Waals surface area (Å²) in [5.41, 5.74) is 0. The minimum Gasteiger partial charge on any atom is -0.299 e. The van der Waals surface area contributed by atoms with Crippen molar-refractivity contribution in [2.75, 3.05) is 0 Å². The van der Waals surface area contributed by atoms with Crippen molar-refractivity contribution < 1.29 is 21.6 Å². The van der Waals surface area contributed by atoms with E-state index in [9.17, 15) is 21.6 Å². The van der Waals surface area contributed by atoms with Crippen molar-refractivity contribution in [3.63, 3.8) is 0 Å². The molecule has 7 heteroatoms. The van der Waals surface area contributed by atoms with Crippen molar-refractivity contribution >= 4 is 25.5 Å². The molecule has 1 fully saturated rings. The van der Waals surface area contributed by atoms with Gasteiger partial charge in [0.2, 0.25) is 0 Å². The normalized spacial score (nSPS) is 21.0. The highest BCUT2D eigenvalue weighted by atomic mass is 32.3. The van der Waals surface area contributed by atoms with E-state index in [-0.39, 0.29) is 27.9 Å². The number of benzene rings is 2. The van der Waals surface area contributed by atoms with Crippen LogP contribution in [-0.4, -0.2) is 27.2 Å². The lowest BCUT2D eigenvalue weighted by atomic mass is 9.80. The zero-order valence-electron chi connectivity index (χ0n) is 15.7. The molecule has 2 aromatic carbocycles. The van der Waals surface area contributed by atoms with E-state index >= 15 is 0 Å². The van der Waals surface area contributed by atoms with Crippen LogP contribution in [0.5, 0.6) is 0 Å². The number of hydrogen-bond acceptors (Lipinski definition) is 5. The zero-order valence-corrected chi connectivity index (χ0v) is 17.3. The molecule has 0 amide bonds. The summed E-state index contributed by atoms with van der Waals surface area (Å²) in [5, 5.41) is 0. The van der Waals surface area contributed by atoms with Crippen LogP contribution in [0.15, 0.2) is 70.5 Å². The summed E-state index contributed by atoms with van der Waals surface area (Å²) in [4.78, 5) is 12.5. The molecule has 0 radical (unpaired) electrons. The van der Waals surface area contributed by atoms with Crippen molar-refractivity contribution in [1.82, 2.24) is 0 Å². The molecule has 5 nitrogen and oxygen atoms in total. The fourth-order valence-corrected chi connectivity index (χ4v) is 8.42. The third-order valence-electron chi connectivity index (χ3n) is 5.39. The van der Waals surface area contributed by atoms with Crippen molar-refractivity contribution in [2.45, 2.75) is 47.0 Å². The molecule has 2 atom stereocenters. The second-order valence-corrected chi connectivity index (χ2v) is 11.9. The molecule has 28 heavy (non-hydrogen) atoms. The molecule has 1 aliphatic carbocycles. The quantitative estimate of drug-likeness (QED) is 0.712. The predicted molar refractivity (Wildman–Crippen MR) is 107 cm³/mol. The van der Waals surface area contributed by atoms with Gasteiger partial charge in [0.25, 0.3) is 0 Å². The molecule has 0 saturated heterocycles. The number of sulfone groups is 2. The number of ketones is 1. The van der Waals surface area contributed by atoms with E-state index < -0.39 is 30.2 Å². The molecular weight excluding hydrogens is 396 g/mol. The van der Waals surface area contributed by atoms with Crippen molar-refractivity contribution in [3.05, 3.63) is 60.7 Å². The highest BCUT2D eigenvalue weighted by Crippen LogP contribution is 2.35. The Labute approximate surface area is 166 Å². The number of rotatable bonds is 6. The zero-order chi connectivity index (χ0) is 20.4. The molecule has 150 valence electrons. The average Bonchev–Trinajstić information content (AvgIpc) is 2.70. The van der Waals surface area contributed by atoms with Gasteiger partial charge in [0, 0.05) is 11.8 Å². The summed E-state index contributed by atoms with van der Waals surface area (Å²) in [6.45, 7) is 1.82. The van der Waals surface area contributed by atoms with Gasteiger partial charge in [0.05, 0.1) is 9.79 Å². The molecule has 0 heterocycles. The van der Waals surface area contributed by atoms with E-state index in [1.165, 1.54) is 24.3 Å². The summed E-state index contributed by atoms with van der Waals surface area (Å²) in [5.74, 6) is -0.772. The van der Waals surface area contributed by atoms with Gasteiger partial charge >= 0.3 is 0 Å². The summed E-state index contributed by atoms with van der Waals surface area (Å²) < 4.78 is 51.6. The molecular formula is C21H24O5S2. The molecule has 0 bridgehead atoms. The van der Waals surface area contributed by atoms with E-state index in [0.29, 0.717) is 6.42 Å². The third-order valence-corrected chi connectivity index (χ3v) is 10.5. The number of carbonyl (C=O) groups is 1. The molecule has 0 unspecified atom stereocenters. The molecule has 3 rings (SSSR count). The molecule has 0 spiro atoms. The van der Waals surface area contributed by atoms with Gasteiger partial charge in [-0.05, 0) is 43.5 Å². The fourth-order valence-electron chi connectivity index (χ4n) is 3.77. The van der Waals surface area contributed by atoms with Crippen LogP contribution in [0.2, 0.25) is 0 Å². The number of Topliss-reactive ketones (excluding diaryl/α,β-unsaturated/α-hetero) is 1. The Bertz CT molecular complexity index is 959. The Morgan fingerprint density at radius 3 is 1.75 bits per heavy atom. The fraction of sp³-hybridized carbons (Fsp3) is 0.381. The average molecular weight is 421 g/mol. The number of hydrogen-bond donors (Lipinski definition) is 0. The Morgan fingerprint density at radius 2 is 1.29 bits per heavy atom. The van der Waals surface area contributed by atoms with Crippen LogP contribution in [-0.2, 0) is 24.5 Å². The van der Waals surface area contributed by atoms with E-state index in [4.69, 9.17) is 0 Å². The van der Waals surface area contributed by atoms with Crippen LogP contribution in [0.25, 0.3) is 0 Å². The van der Waals surface area contributed by atoms with E-state index in [1.807, 2.05) is 6.92 Å². The smallest absolute Gasteiger partial charge is 0.195 e. The van der Waals surface area contributed by atoms with Crippen LogP contribution in [0.4, 0.5) is 0 Å². The highest BCUT2D eigenvalue weighted by Gasteiger charge is 2.43. The Kier molecular flexibility index (Phi) is 6.05. The van der Waals surface area contributed by atoms with Gasteiger partial charge < -0.3 is 0 Å². The second kappa shape index (κ2) is 8.17. The first-order chi connectivity index (χ1) is 13.2. The van der Waals surface area contributed by atoms with Gasteiger partial charge in [0.15, 0.2) is 24.3 Å². The summed E-state index contributed by atoms with van der Waals surface area (Å²) in [6.07, 6.45) is 1.86. The summed E-state index contributed by atoms with van der Waals surface area (Å²) in [6, 6.07) is 15.2. The maximum absolute atomic E-state index is 13.3. The summed E-state index contributed by atoms with van der Waals surface area (Å²) in [7, 11) is -8.37. The maximum Gasteiger partial charge on any atom is 0.195 e. The monoisotopic (exact) mass is 420 g/mol. The molecule has 0 aromatic heterocycles. The van der Waals surface area contributed by atoms with Gasteiger partial charge in [-0.3, -0.25) is 4.79 Å². The van der Waals surface area contributed by atoms with Gasteiger partial charge in [-0.2, -0.15) is 0 Å². The lowest BCUT2D eigenvalue weighted by Crippen LogP contribution is -2.37. The third kappa shape index (κ3) is 4.05. The van der Waals surface area contributed by atoms with E-state index in [0.717, 1.165) is 12.8 Å². The van der Waals surface area contributed by atoms with Crippen LogP contribution in [0.3, 0.4) is 0 Å². The lowest BCUT2D eigenvalue weighted by molar-refractivity contribution is -0.128. The first-order valence-electron chi connectivity index (χ1n) is 9.36. The summed E-state index contributed by atoms with van der Waals surface area (Å²) >= 11 is 0. The second-order valence-electron chi connectivity index (χ2n) is 7.31. The molecule has 0 N–H and O–H groups in total. The Balaban J connectivity index is 2.08. The number of carbonyl (C=O) groups excluding carboxylic acids is 1. The Morgan fingerprint density at radius 1 is 0.821 bits per heavy atom. The van der Waals surface area contributed by atoms with E-state index in [2.05, 4.69) is 0 Å². The SMILES string of the molecule is C[C@H]1CCC[C@H](CC(S(=O)(=O)c2ccccc2)S(=O)(=O)c2ccccc2)C1=O. The van der Waals surface area contributed by atoms with Crippen molar-refractivity contribution in [1.29, 1.82) is 0 Å². The topological polar surface area (TPSA) is 85.3 Å². The van der Waals surface area contributed by atoms with Crippen molar-refractivity contribution in [2.24, 2.45) is 11.8 Å². The standard InChI is InChI=1S/C21H24O5S2/c1-16-9-8-10-17(21(16)22)15-20(27(23,24)18-11-4-2-5-12-18)28(25,26)19-13-6-3-7-14-19/h2-7,11-14,16-17,20H,8-10,15H2,1H3/t16-,17+/m0/s1. The minimum atomic E-state index is -4.19. The minimum absolute atomic E-state index is 0.0391. The maximum atomic E-state index is 13.3. The van der Waals surface area contributed by atoms with Crippen LogP contribution in [0, 0.1) is 11.8 Å². The van der Waals surface area contributed by atoms with E-state index in [1.54, 1.807) is 36.4 Å². The van der Waals surface area contributed by atoms with Gasteiger partial charge in [-0.25, -0.2) is 16.8 Å². The van der Waals surface area contributed by atoms with Crippen LogP contribution in [0.1, 0.15) is 32.6 Å². The highest BCUT2D eigenvalue weighted by molar-refractivity contribution is 8.09. The first-order valence-corrected chi connectivity index (χ1v) is 12.5. The first kappa shape index (κ1) is 20.7. The van der Waals surface area contributed by atoms with Gasteiger partial charge in [-0.15, -0.1) is 0 Å². The molecule has 1 saturated carbocycles.